The van der Waals surface area contributed by atoms with Crippen LogP contribution in [0.4, 0.5) is 36.6 Å². The summed E-state index contributed by atoms with van der Waals surface area (Å²) in [5.74, 6) is -8.92. The standard InChI is InChI=1S/C39H29F7N8O3S2/c1-53-32-22(9-6-10-23(32)35(51-53)52-59(2,56)57)24-16-28-36(49-37(58-28)19-7-4-3-5-8-19)48-31(24)27(13-18-11-20(40)14-21(41)12-18)47-29(55)17-54-34-30(33(50-54)39(44,45)46)25-15-26(25)38(34,42)43/h3-12,14,16,25-27H,13,15,17H2,1-2H3,(H,47,55)(H,51,52)/t25-,26+,27-/m0/s1. The fraction of sp³-hybridized carbons (Fsp3) is 0.256. The van der Waals surface area contributed by atoms with E-state index in [9.17, 15) is 35.2 Å². The van der Waals surface area contributed by atoms with Crippen molar-refractivity contribution < 1.29 is 43.9 Å². The second-order valence-corrected chi connectivity index (χ2v) is 17.4. The number of hydrogen-bond acceptors (Lipinski definition) is 8. The average molecular weight is 855 g/mol. The summed E-state index contributed by atoms with van der Waals surface area (Å²) < 4.78 is 132. The van der Waals surface area contributed by atoms with Crippen molar-refractivity contribution in [3.05, 3.63) is 113 Å². The van der Waals surface area contributed by atoms with Crippen molar-refractivity contribution in [2.24, 2.45) is 13.0 Å². The highest BCUT2D eigenvalue weighted by Gasteiger charge is 2.68. The molecule has 1 fully saturated rings. The summed E-state index contributed by atoms with van der Waals surface area (Å²) in [5, 5.41) is 11.5. The Hall–Kier alpha value is -5.89. The number of carbonyl (C=O) groups is 1. The van der Waals surface area contributed by atoms with E-state index >= 15 is 8.78 Å². The molecule has 0 radical (unpaired) electrons. The molecule has 304 valence electrons. The number of benzene rings is 3. The van der Waals surface area contributed by atoms with Gasteiger partial charge in [-0.15, -0.1) is 11.3 Å². The normalized spacial score (nSPS) is 17.6. The van der Waals surface area contributed by atoms with Gasteiger partial charge in [0.15, 0.2) is 17.2 Å². The number of nitrogens with zero attached hydrogens (tertiary/aromatic N) is 6. The monoisotopic (exact) mass is 854 g/mol. The van der Waals surface area contributed by atoms with E-state index in [1.54, 1.807) is 31.3 Å². The highest BCUT2D eigenvalue weighted by Crippen LogP contribution is 2.68. The largest absolute Gasteiger partial charge is 0.435 e. The molecule has 11 nitrogen and oxygen atoms in total. The third-order valence-electron chi connectivity index (χ3n) is 10.4. The van der Waals surface area contributed by atoms with Crippen molar-refractivity contribution in [1.82, 2.24) is 34.8 Å². The highest BCUT2D eigenvalue weighted by atomic mass is 32.2. The van der Waals surface area contributed by atoms with Crippen LogP contribution < -0.4 is 10.0 Å². The van der Waals surface area contributed by atoms with Crippen molar-refractivity contribution in [2.75, 3.05) is 11.0 Å². The van der Waals surface area contributed by atoms with Crippen molar-refractivity contribution >= 4 is 54.3 Å². The summed E-state index contributed by atoms with van der Waals surface area (Å²) in [6.07, 6.45) is -4.57. The number of fused-ring (bicyclic) bond motifs is 5. The zero-order valence-electron chi connectivity index (χ0n) is 30.7. The van der Waals surface area contributed by atoms with Crippen molar-refractivity contribution in [2.45, 2.75) is 43.4 Å². The number of thiazole rings is 1. The van der Waals surface area contributed by atoms with Gasteiger partial charge in [0.2, 0.25) is 15.9 Å². The Bertz CT molecular complexity index is 2950. The quantitative estimate of drug-likeness (QED) is 0.133. The van der Waals surface area contributed by atoms with Crippen LogP contribution in [0.3, 0.4) is 0 Å². The van der Waals surface area contributed by atoms with Crippen molar-refractivity contribution in [1.29, 1.82) is 0 Å². The smallest absolute Gasteiger partial charge is 0.346 e. The summed E-state index contributed by atoms with van der Waals surface area (Å²) in [4.78, 5) is 23.7. The first kappa shape index (κ1) is 38.6. The van der Waals surface area contributed by atoms with Gasteiger partial charge in [-0.05, 0) is 48.6 Å². The van der Waals surface area contributed by atoms with Gasteiger partial charge in [0.05, 0.1) is 28.2 Å². The Labute approximate surface area is 334 Å². The molecule has 3 aromatic carbocycles. The number of sulfonamides is 1. The number of aromatic nitrogens is 6. The van der Waals surface area contributed by atoms with E-state index in [2.05, 4.69) is 20.2 Å². The van der Waals surface area contributed by atoms with Crippen LogP contribution in [0.2, 0.25) is 0 Å². The second-order valence-electron chi connectivity index (χ2n) is 14.6. The number of rotatable bonds is 10. The molecule has 59 heavy (non-hydrogen) atoms. The lowest BCUT2D eigenvalue weighted by Gasteiger charge is -2.23. The number of hydrogen-bond donors (Lipinski definition) is 2. The molecule has 4 aromatic heterocycles. The summed E-state index contributed by atoms with van der Waals surface area (Å²) in [5.41, 5.74) is -0.754. The van der Waals surface area contributed by atoms with Gasteiger partial charge in [0.1, 0.15) is 28.9 Å². The van der Waals surface area contributed by atoms with Gasteiger partial charge in [-0.25, -0.2) is 27.2 Å². The molecule has 3 atom stereocenters. The number of aryl methyl sites for hydroxylation is 1. The van der Waals surface area contributed by atoms with Crippen LogP contribution in [-0.4, -0.2) is 50.1 Å². The van der Waals surface area contributed by atoms with Gasteiger partial charge in [0, 0.05) is 46.7 Å². The predicted octanol–water partition coefficient (Wildman–Crippen LogP) is 8.09. The number of amides is 1. The minimum atomic E-state index is -5.06. The number of para-hydroxylation sites is 1. The van der Waals surface area contributed by atoms with Gasteiger partial charge in [-0.2, -0.15) is 32.1 Å². The summed E-state index contributed by atoms with van der Waals surface area (Å²) in [6, 6.07) is 17.3. The molecule has 0 aliphatic heterocycles. The SMILES string of the molecule is Cn1nc(NS(C)(=O)=O)c2cccc(-c3cc4sc(-c5ccccc5)nc4nc3[C@H](Cc3cc(F)cc(F)c3)NC(=O)Cn3nc(C(F)(F)F)c4c3C(F)(F)[C@@H]3C[C@H]43)c21. The Morgan fingerprint density at radius 3 is 2.41 bits per heavy atom. The third-order valence-corrected chi connectivity index (χ3v) is 12.0. The van der Waals surface area contributed by atoms with Gasteiger partial charge in [-0.3, -0.25) is 18.9 Å². The molecule has 1 amide bonds. The fourth-order valence-electron chi connectivity index (χ4n) is 8.02. The highest BCUT2D eigenvalue weighted by molar-refractivity contribution is 7.92. The fourth-order valence-corrected chi connectivity index (χ4v) is 9.47. The van der Waals surface area contributed by atoms with E-state index in [-0.39, 0.29) is 35.6 Å². The van der Waals surface area contributed by atoms with Crippen molar-refractivity contribution in [3.63, 3.8) is 0 Å². The topological polar surface area (TPSA) is 137 Å². The van der Waals surface area contributed by atoms with Crippen molar-refractivity contribution in [3.8, 4) is 21.7 Å². The molecule has 0 saturated heterocycles. The molecule has 0 unspecified atom stereocenters. The summed E-state index contributed by atoms with van der Waals surface area (Å²) in [6.45, 7) is -1.05. The first-order chi connectivity index (χ1) is 27.9. The maximum absolute atomic E-state index is 15.5. The third kappa shape index (κ3) is 6.96. The first-order valence-corrected chi connectivity index (χ1v) is 20.7. The molecule has 9 rings (SSSR count). The molecule has 0 bridgehead atoms. The number of anilines is 1. The lowest BCUT2D eigenvalue weighted by atomic mass is 9.94. The van der Waals surface area contributed by atoms with Crippen LogP contribution in [0.5, 0.6) is 0 Å². The lowest BCUT2D eigenvalue weighted by Crippen LogP contribution is -2.35. The number of nitrogens with one attached hydrogen (secondary N) is 2. The molecule has 2 aliphatic carbocycles. The molecule has 4 heterocycles. The van der Waals surface area contributed by atoms with E-state index < -0.39 is 81.0 Å². The van der Waals surface area contributed by atoms with E-state index in [0.717, 1.165) is 24.0 Å². The summed E-state index contributed by atoms with van der Waals surface area (Å²) in [7, 11) is -2.20. The first-order valence-electron chi connectivity index (χ1n) is 18.0. The minimum Gasteiger partial charge on any atom is -0.346 e. The number of halogens is 7. The molecule has 0 spiro atoms. The van der Waals surface area contributed by atoms with E-state index in [1.807, 2.05) is 30.3 Å². The van der Waals surface area contributed by atoms with Crippen LogP contribution >= 0.6 is 11.3 Å². The second kappa shape index (κ2) is 13.6. The van der Waals surface area contributed by atoms with Gasteiger partial charge < -0.3 is 5.32 Å². The van der Waals surface area contributed by atoms with Crippen LogP contribution in [0, 0.1) is 17.6 Å². The molecular weight excluding hydrogens is 826 g/mol. The molecular formula is C39H29F7N8O3S2. The molecule has 20 heteroatoms. The van der Waals surface area contributed by atoms with Gasteiger partial charge >= 0.3 is 6.18 Å². The van der Waals surface area contributed by atoms with E-state index in [1.165, 1.54) is 16.0 Å². The van der Waals surface area contributed by atoms with Crippen LogP contribution in [0.1, 0.15) is 46.6 Å². The molecule has 2 N–H and O–H groups in total. The zero-order chi connectivity index (χ0) is 41.8. The van der Waals surface area contributed by atoms with Crippen LogP contribution in [0.25, 0.3) is 42.9 Å². The number of pyridine rings is 1. The maximum Gasteiger partial charge on any atom is 0.435 e. The maximum atomic E-state index is 15.5. The van der Waals surface area contributed by atoms with E-state index in [4.69, 9.17) is 9.97 Å². The molecule has 2 aliphatic rings. The van der Waals surface area contributed by atoms with Crippen LogP contribution in [0.15, 0.2) is 72.8 Å². The average Bonchev–Trinajstić information content (AvgIpc) is 3.42. The summed E-state index contributed by atoms with van der Waals surface area (Å²) >= 11 is 1.30. The Morgan fingerprint density at radius 1 is 0.983 bits per heavy atom. The van der Waals surface area contributed by atoms with Crippen LogP contribution in [-0.2, 0) is 46.9 Å². The molecule has 1 saturated carbocycles. The Balaban J connectivity index is 1.21. The number of carbonyl (C=O) groups excluding carboxylic acids is 1. The Kier molecular flexibility index (Phi) is 8.89. The Morgan fingerprint density at radius 2 is 1.71 bits per heavy atom. The predicted molar refractivity (Wildman–Crippen MR) is 204 cm³/mol. The zero-order valence-corrected chi connectivity index (χ0v) is 32.3. The molecule has 7 aromatic rings. The van der Waals surface area contributed by atoms with E-state index in [0.29, 0.717) is 42.5 Å². The van der Waals surface area contributed by atoms with Gasteiger partial charge in [-0.1, -0.05) is 42.5 Å². The number of alkyl halides is 5. The van der Waals surface area contributed by atoms with Gasteiger partial charge in [0.25, 0.3) is 5.92 Å². The minimum absolute atomic E-state index is 0.0195. The lowest BCUT2D eigenvalue weighted by molar-refractivity contribution is -0.142.